The Hall–Kier alpha value is -2.02. The van der Waals surface area contributed by atoms with E-state index in [0.29, 0.717) is 0 Å². The fraction of sp³-hybridized carbons (Fsp3) is 0.500. The summed E-state index contributed by atoms with van der Waals surface area (Å²) in [7, 11) is 0. The van der Waals surface area contributed by atoms with Gasteiger partial charge in [0.1, 0.15) is 0 Å². The molecule has 0 saturated heterocycles. The first-order chi connectivity index (χ1) is 11.0. The van der Waals surface area contributed by atoms with Crippen molar-refractivity contribution in [3.05, 3.63) is 29.8 Å². The Morgan fingerprint density at radius 1 is 1.13 bits per heavy atom. The third-order valence-electron chi connectivity index (χ3n) is 4.05. The van der Waals surface area contributed by atoms with Crippen molar-refractivity contribution in [3.8, 4) is 0 Å². The minimum atomic E-state index is -1.11. The van der Waals surface area contributed by atoms with Gasteiger partial charge in [0, 0.05) is 18.3 Å². The summed E-state index contributed by atoms with van der Waals surface area (Å²) in [5.41, 5.74) is -0.0168. The fourth-order valence-electron chi connectivity index (χ4n) is 2.72. The molecule has 2 rings (SSSR count). The number of aliphatic hydroxyl groups is 1. The number of carbonyl (C=O) groups is 2. The minimum absolute atomic E-state index is 0.00526. The molecule has 3 N–H and O–H groups in total. The van der Waals surface area contributed by atoms with Crippen molar-refractivity contribution in [1.82, 2.24) is 5.32 Å². The van der Waals surface area contributed by atoms with Crippen LogP contribution in [0.2, 0.25) is 0 Å². The molecule has 1 unspecified atom stereocenters. The summed E-state index contributed by atoms with van der Waals surface area (Å²) in [5.74, 6) is -3.94. The number of amides is 2. The SMILES string of the molecule is O=C(NCC(O)C1CCCCC1)C(=O)Nc1ccc(F)c(F)c1. The van der Waals surface area contributed by atoms with Crippen molar-refractivity contribution >= 4 is 17.5 Å². The lowest BCUT2D eigenvalue weighted by Gasteiger charge is -2.26. The summed E-state index contributed by atoms with van der Waals surface area (Å²) < 4.78 is 25.8. The summed E-state index contributed by atoms with van der Waals surface area (Å²) >= 11 is 0. The van der Waals surface area contributed by atoms with Gasteiger partial charge in [-0.1, -0.05) is 19.3 Å². The van der Waals surface area contributed by atoms with E-state index in [1.807, 2.05) is 0 Å². The second-order valence-electron chi connectivity index (χ2n) is 5.76. The molecule has 2 amide bonds. The maximum Gasteiger partial charge on any atom is 0.313 e. The molecular weight excluding hydrogens is 306 g/mol. The maximum absolute atomic E-state index is 13.0. The molecule has 1 aliphatic rings. The van der Waals surface area contributed by atoms with Gasteiger partial charge in [0.25, 0.3) is 0 Å². The van der Waals surface area contributed by atoms with E-state index in [0.717, 1.165) is 50.3 Å². The summed E-state index contributed by atoms with van der Waals surface area (Å²) in [5, 5.41) is 14.6. The summed E-state index contributed by atoms with van der Waals surface area (Å²) in [6, 6.07) is 2.80. The molecule has 1 aromatic carbocycles. The lowest BCUT2D eigenvalue weighted by atomic mass is 9.85. The Balaban J connectivity index is 1.80. The van der Waals surface area contributed by atoms with E-state index in [1.165, 1.54) is 0 Å². The highest BCUT2D eigenvalue weighted by atomic mass is 19.2. The first-order valence-electron chi connectivity index (χ1n) is 7.69. The average Bonchev–Trinajstić information content (AvgIpc) is 2.56. The lowest BCUT2D eigenvalue weighted by Crippen LogP contribution is -2.42. The van der Waals surface area contributed by atoms with Crippen LogP contribution in [0.3, 0.4) is 0 Å². The van der Waals surface area contributed by atoms with Gasteiger partial charge in [-0.3, -0.25) is 9.59 Å². The van der Waals surface area contributed by atoms with Crippen molar-refractivity contribution in [2.45, 2.75) is 38.2 Å². The minimum Gasteiger partial charge on any atom is -0.391 e. The van der Waals surface area contributed by atoms with Crippen LogP contribution < -0.4 is 10.6 Å². The van der Waals surface area contributed by atoms with Crippen molar-refractivity contribution in [1.29, 1.82) is 0 Å². The Labute approximate surface area is 133 Å². The summed E-state index contributed by atoms with van der Waals surface area (Å²) in [4.78, 5) is 23.4. The number of anilines is 1. The number of rotatable bonds is 4. The standard InChI is InChI=1S/C16H20F2N2O3/c17-12-7-6-11(8-13(12)18)20-16(23)15(22)19-9-14(21)10-4-2-1-3-5-10/h6-8,10,14,21H,1-5,9H2,(H,19,22)(H,20,23). The zero-order chi connectivity index (χ0) is 16.8. The number of aliphatic hydroxyl groups excluding tert-OH is 1. The van der Waals surface area contributed by atoms with Crippen LogP contribution >= 0.6 is 0 Å². The van der Waals surface area contributed by atoms with Crippen LogP contribution in [0.5, 0.6) is 0 Å². The first-order valence-corrected chi connectivity index (χ1v) is 7.69. The molecule has 126 valence electrons. The maximum atomic E-state index is 13.0. The number of benzene rings is 1. The number of hydrogen-bond acceptors (Lipinski definition) is 3. The predicted octanol–water partition coefficient (Wildman–Crippen LogP) is 1.96. The van der Waals surface area contributed by atoms with Crippen LogP contribution in [0.1, 0.15) is 32.1 Å². The molecule has 0 aromatic heterocycles. The van der Waals surface area contributed by atoms with E-state index in [9.17, 15) is 23.5 Å². The number of carbonyl (C=O) groups excluding carboxylic acids is 2. The van der Waals surface area contributed by atoms with Crippen LogP contribution in [0.4, 0.5) is 14.5 Å². The van der Waals surface area contributed by atoms with Gasteiger partial charge in [-0.2, -0.15) is 0 Å². The van der Waals surface area contributed by atoms with Crippen molar-refractivity contribution in [2.75, 3.05) is 11.9 Å². The van der Waals surface area contributed by atoms with Gasteiger partial charge in [0.05, 0.1) is 6.10 Å². The van der Waals surface area contributed by atoms with Crippen LogP contribution in [-0.4, -0.2) is 29.6 Å². The van der Waals surface area contributed by atoms with Crippen LogP contribution in [0, 0.1) is 17.6 Å². The Kier molecular flexibility index (Phi) is 6.04. The lowest BCUT2D eigenvalue weighted by molar-refractivity contribution is -0.136. The molecule has 0 heterocycles. The average molecular weight is 326 g/mol. The van der Waals surface area contributed by atoms with E-state index in [4.69, 9.17) is 0 Å². The molecule has 1 aliphatic carbocycles. The second kappa shape index (κ2) is 8.01. The molecule has 1 saturated carbocycles. The quantitative estimate of drug-likeness (QED) is 0.740. The molecule has 1 atom stereocenters. The normalized spacial score (nSPS) is 16.7. The number of hydrogen-bond donors (Lipinski definition) is 3. The van der Waals surface area contributed by atoms with Crippen LogP contribution in [0.25, 0.3) is 0 Å². The van der Waals surface area contributed by atoms with Gasteiger partial charge in [-0.15, -0.1) is 0 Å². The summed E-state index contributed by atoms with van der Waals surface area (Å²) in [6.07, 6.45) is 4.43. The molecule has 5 nitrogen and oxygen atoms in total. The number of halogens is 2. The van der Waals surface area contributed by atoms with Gasteiger partial charge >= 0.3 is 11.8 Å². The molecule has 0 spiro atoms. The topological polar surface area (TPSA) is 78.4 Å². The highest BCUT2D eigenvalue weighted by Crippen LogP contribution is 2.26. The van der Waals surface area contributed by atoms with Gasteiger partial charge < -0.3 is 15.7 Å². The Bertz CT molecular complexity index is 574. The molecule has 7 heteroatoms. The van der Waals surface area contributed by atoms with Crippen LogP contribution in [-0.2, 0) is 9.59 Å². The van der Waals surface area contributed by atoms with Crippen LogP contribution in [0.15, 0.2) is 18.2 Å². The highest BCUT2D eigenvalue weighted by molar-refractivity contribution is 6.39. The molecule has 0 bridgehead atoms. The fourth-order valence-corrected chi connectivity index (χ4v) is 2.72. The first kappa shape index (κ1) is 17.3. The van der Waals surface area contributed by atoms with Crippen molar-refractivity contribution in [3.63, 3.8) is 0 Å². The van der Waals surface area contributed by atoms with Gasteiger partial charge in [0.2, 0.25) is 0 Å². The molecule has 23 heavy (non-hydrogen) atoms. The monoisotopic (exact) mass is 326 g/mol. The van der Waals surface area contributed by atoms with Gasteiger partial charge in [0.15, 0.2) is 11.6 Å². The molecule has 0 aliphatic heterocycles. The second-order valence-corrected chi connectivity index (χ2v) is 5.76. The Morgan fingerprint density at radius 3 is 2.48 bits per heavy atom. The molecule has 1 aromatic rings. The van der Waals surface area contributed by atoms with E-state index in [1.54, 1.807) is 0 Å². The molecular formula is C16H20F2N2O3. The van der Waals surface area contributed by atoms with E-state index in [2.05, 4.69) is 10.6 Å². The largest absolute Gasteiger partial charge is 0.391 e. The predicted molar refractivity (Wildman–Crippen MR) is 80.6 cm³/mol. The third-order valence-corrected chi connectivity index (χ3v) is 4.05. The summed E-state index contributed by atoms with van der Waals surface area (Å²) in [6.45, 7) is -0.00526. The van der Waals surface area contributed by atoms with Crippen molar-refractivity contribution in [2.24, 2.45) is 5.92 Å². The third kappa shape index (κ3) is 4.99. The molecule has 1 fully saturated rings. The Morgan fingerprint density at radius 2 is 1.83 bits per heavy atom. The van der Waals surface area contributed by atoms with Gasteiger partial charge in [-0.05, 0) is 30.9 Å². The van der Waals surface area contributed by atoms with E-state index < -0.39 is 29.6 Å². The molecule has 0 radical (unpaired) electrons. The highest BCUT2D eigenvalue weighted by Gasteiger charge is 2.23. The zero-order valence-corrected chi connectivity index (χ0v) is 12.6. The van der Waals surface area contributed by atoms with E-state index >= 15 is 0 Å². The van der Waals surface area contributed by atoms with Crippen molar-refractivity contribution < 1.29 is 23.5 Å². The zero-order valence-electron chi connectivity index (χ0n) is 12.6. The smallest absolute Gasteiger partial charge is 0.313 e. The van der Waals surface area contributed by atoms with E-state index in [-0.39, 0.29) is 18.2 Å². The van der Waals surface area contributed by atoms with Gasteiger partial charge in [-0.25, -0.2) is 8.78 Å². The number of nitrogens with one attached hydrogen (secondary N) is 2.